The third-order valence-electron chi connectivity index (χ3n) is 5.04. The summed E-state index contributed by atoms with van der Waals surface area (Å²) in [5.41, 5.74) is 4.10. The van der Waals surface area contributed by atoms with Crippen molar-refractivity contribution in [1.82, 2.24) is 4.98 Å². The monoisotopic (exact) mass is 423 g/mol. The Kier molecular flexibility index (Phi) is 6.37. The second-order valence-electron chi connectivity index (χ2n) is 7.11. The van der Waals surface area contributed by atoms with Gasteiger partial charge in [0.05, 0.1) is 12.7 Å². The van der Waals surface area contributed by atoms with Crippen LogP contribution in [0, 0.1) is 0 Å². The second-order valence-corrected chi connectivity index (χ2v) is 7.11. The molecule has 0 unspecified atom stereocenters. The minimum Gasteiger partial charge on any atom is -0.464 e. The Bertz CT molecular complexity index is 1170. The van der Waals surface area contributed by atoms with E-state index < -0.39 is 18.0 Å². The van der Waals surface area contributed by atoms with Crippen LogP contribution in [0.3, 0.4) is 0 Å². The van der Waals surface area contributed by atoms with Crippen molar-refractivity contribution in [3.05, 3.63) is 126 Å². The standard InChI is InChI=1S/C27H21NO4/c1-31-27(30)24-18-23(16-17-28-24)19-12-14-22(15-13-19)26(29)32-25(20-8-4-2-5-9-20)21-10-6-3-7-11-21/h2-18,25H,1H3. The Balaban J connectivity index is 1.56. The summed E-state index contributed by atoms with van der Waals surface area (Å²) >= 11 is 0. The van der Waals surface area contributed by atoms with Crippen LogP contribution in [-0.4, -0.2) is 24.0 Å². The van der Waals surface area contributed by atoms with Crippen LogP contribution in [-0.2, 0) is 9.47 Å². The topological polar surface area (TPSA) is 65.5 Å². The molecule has 0 N–H and O–H groups in total. The zero-order valence-electron chi connectivity index (χ0n) is 17.5. The molecule has 1 heterocycles. The van der Waals surface area contributed by atoms with E-state index in [1.165, 1.54) is 7.11 Å². The first-order valence-electron chi connectivity index (χ1n) is 10.1. The first-order chi connectivity index (χ1) is 15.7. The van der Waals surface area contributed by atoms with Gasteiger partial charge >= 0.3 is 11.9 Å². The first kappa shape index (κ1) is 21.0. The molecule has 0 atom stereocenters. The van der Waals surface area contributed by atoms with Crippen LogP contribution in [0.4, 0.5) is 0 Å². The molecule has 5 nitrogen and oxygen atoms in total. The minimum atomic E-state index is -0.507. The van der Waals surface area contributed by atoms with Crippen molar-refractivity contribution in [2.45, 2.75) is 6.10 Å². The van der Waals surface area contributed by atoms with E-state index in [2.05, 4.69) is 4.98 Å². The van der Waals surface area contributed by atoms with Gasteiger partial charge in [-0.15, -0.1) is 0 Å². The summed E-state index contributed by atoms with van der Waals surface area (Å²) in [6, 6.07) is 29.8. The Morgan fingerprint density at radius 3 is 1.88 bits per heavy atom. The maximum Gasteiger partial charge on any atom is 0.356 e. The van der Waals surface area contributed by atoms with Crippen molar-refractivity contribution < 1.29 is 19.1 Å². The molecule has 0 saturated heterocycles. The molecular formula is C27H21NO4. The average Bonchev–Trinajstić information content (AvgIpc) is 2.88. The van der Waals surface area contributed by atoms with Crippen molar-refractivity contribution in [1.29, 1.82) is 0 Å². The number of ether oxygens (including phenoxy) is 2. The van der Waals surface area contributed by atoms with Crippen molar-refractivity contribution in [3.63, 3.8) is 0 Å². The van der Waals surface area contributed by atoms with E-state index in [9.17, 15) is 9.59 Å². The summed E-state index contributed by atoms with van der Waals surface area (Å²) in [6.45, 7) is 0. The summed E-state index contributed by atoms with van der Waals surface area (Å²) in [5.74, 6) is -0.917. The third-order valence-corrected chi connectivity index (χ3v) is 5.04. The van der Waals surface area contributed by atoms with Gasteiger partial charge in [-0.25, -0.2) is 14.6 Å². The van der Waals surface area contributed by atoms with Crippen LogP contribution in [0.15, 0.2) is 103 Å². The highest BCUT2D eigenvalue weighted by molar-refractivity contribution is 5.91. The molecule has 5 heteroatoms. The number of pyridine rings is 1. The third kappa shape index (κ3) is 4.73. The van der Waals surface area contributed by atoms with E-state index in [0.717, 1.165) is 22.3 Å². The van der Waals surface area contributed by atoms with Crippen molar-refractivity contribution in [2.24, 2.45) is 0 Å². The average molecular weight is 423 g/mol. The van der Waals surface area contributed by atoms with Gasteiger partial charge < -0.3 is 9.47 Å². The smallest absolute Gasteiger partial charge is 0.356 e. The number of hydrogen-bond acceptors (Lipinski definition) is 5. The number of carbonyl (C=O) groups excluding carboxylic acids is 2. The predicted octanol–water partition coefficient (Wildman–Crippen LogP) is 5.48. The molecule has 4 rings (SSSR count). The number of carbonyl (C=O) groups is 2. The van der Waals surface area contributed by atoms with Gasteiger partial charge in [0.1, 0.15) is 5.69 Å². The van der Waals surface area contributed by atoms with E-state index in [4.69, 9.17) is 9.47 Å². The molecular weight excluding hydrogens is 402 g/mol. The molecule has 0 aliphatic heterocycles. The highest BCUT2D eigenvalue weighted by Crippen LogP contribution is 2.28. The molecule has 32 heavy (non-hydrogen) atoms. The molecule has 0 aliphatic carbocycles. The van der Waals surface area contributed by atoms with Crippen LogP contribution in [0.25, 0.3) is 11.1 Å². The summed E-state index contributed by atoms with van der Waals surface area (Å²) in [5, 5.41) is 0. The fourth-order valence-electron chi connectivity index (χ4n) is 3.38. The van der Waals surface area contributed by atoms with Crippen LogP contribution in [0.1, 0.15) is 38.1 Å². The molecule has 0 spiro atoms. The van der Waals surface area contributed by atoms with E-state index >= 15 is 0 Å². The van der Waals surface area contributed by atoms with Gasteiger partial charge in [0.2, 0.25) is 0 Å². The molecule has 0 radical (unpaired) electrons. The lowest BCUT2D eigenvalue weighted by Gasteiger charge is -2.19. The Morgan fingerprint density at radius 2 is 1.31 bits per heavy atom. The minimum absolute atomic E-state index is 0.224. The van der Waals surface area contributed by atoms with Crippen molar-refractivity contribution in [2.75, 3.05) is 7.11 Å². The van der Waals surface area contributed by atoms with Gasteiger partial charge in [-0.2, -0.15) is 0 Å². The van der Waals surface area contributed by atoms with Gasteiger partial charge in [0.25, 0.3) is 0 Å². The summed E-state index contributed by atoms with van der Waals surface area (Å²) in [6.07, 6.45) is 1.04. The van der Waals surface area contributed by atoms with Crippen LogP contribution < -0.4 is 0 Å². The summed E-state index contributed by atoms with van der Waals surface area (Å²) in [7, 11) is 1.31. The number of aromatic nitrogens is 1. The maximum atomic E-state index is 12.9. The largest absolute Gasteiger partial charge is 0.464 e. The normalized spacial score (nSPS) is 10.6. The maximum absolute atomic E-state index is 12.9. The number of benzene rings is 3. The molecule has 0 fully saturated rings. The second kappa shape index (κ2) is 9.71. The molecule has 4 aromatic rings. The number of hydrogen-bond donors (Lipinski definition) is 0. The molecule has 0 aliphatic rings. The Hall–Kier alpha value is -4.25. The first-order valence-corrected chi connectivity index (χ1v) is 10.1. The van der Waals surface area contributed by atoms with E-state index in [1.807, 2.05) is 72.8 Å². The lowest BCUT2D eigenvalue weighted by molar-refractivity contribution is 0.0378. The van der Waals surface area contributed by atoms with E-state index in [0.29, 0.717) is 5.56 Å². The van der Waals surface area contributed by atoms with Crippen LogP contribution in [0.5, 0.6) is 0 Å². The summed E-state index contributed by atoms with van der Waals surface area (Å²) < 4.78 is 10.6. The molecule has 1 aromatic heterocycles. The lowest BCUT2D eigenvalue weighted by atomic mass is 10.0. The van der Waals surface area contributed by atoms with Gasteiger partial charge in [-0.05, 0) is 46.5 Å². The van der Waals surface area contributed by atoms with Crippen LogP contribution >= 0.6 is 0 Å². The number of esters is 2. The Morgan fingerprint density at radius 1 is 0.719 bits per heavy atom. The fraction of sp³-hybridized carbons (Fsp3) is 0.0741. The molecule has 0 amide bonds. The zero-order chi connectivity index (χ0) is 22.3. The van der Waals surface area contributed by atoms with Crippen molar-refractivity contribution in [3.8, 4) is 11.1 Å². The van der Waals surface area contributed by atoms with E-state index in [-0.39, 0.29) is 5.69 Å². The SMILES string of the molecule is COC(=O)c1cc(-c2ccc(C(=O)OC(c3ccccc3)c3ccccc3)cc2)ccn1. The zero-order valence-corrected chi connectivity index (χ0v) is 17.5. The highest BCUT2D eigenvalue weighted by atomic mass is 16.5. The number of rotatable bonds is 6. The quantitative estimate of drug-likeness (QED) is 0.384. The molecule has 158 valence electrons. The van der Waals surface area contributed by atoms with Crippen molar-refractivity contribution >= 4 is 11.9 Å². The predicted molar refractivity (Wildman–Crippen MR) is 121 cm³/mol. The molecule has 0 bridgehead atoms. The van der Waals surface area contributed by atoms with Crippen LogP contribution in [0.2, 0.25) is 0 Å². The molecule has 0 saturated carbocycles. The van der Waals surface area contributed by atoms with E-state index in [1.54, 1.807) is 30.5 Å². The fourth-order valence-corrected chi connectivity index (χ4v) is 3.38. The number of methoxy groups -OCH3 is 1. The lowest BCUT2D eigenvalue weighted by Crippen LogP contribution is -2.13. The molecule has 3 aromatic carbocycles. The van der Waals surface area contributed by atoms with Gasteiger partial charge in [-0.1, -0.05) is 72.8 Å². The Labute approximate surface area is 186 Å². The van der Waals surface area contributed by atoms with Gasteiger partial charge in [-0.3, -0.25) is 0 Å². The summed E-state index contributed by atoms with van der Waals surface area (Å²) in [4.78, 5) is 28.7. The van der Waals surface area contributed by atoms with Gasteiger partial charge in [0.15, 0.2) is 6.10 Å². The number of nitrogens with zero attached hydrogens (tertiary/aromatic N) is 1. The van der Waals surface area contributed by atoms with Gasteiger partial charge in [0, 0.05) is 6.20 Å². The highest BCUT2D eigenvalue weighted by Gasteiger charge is 2.20.